The fourth-order valence-corrected chi connectivity index (χ4v) is 1.78. The van der Waals surface area contributed by atoms with Gasteiger partial charge in [0.25, 0.3) is 0 Å². The fraction of sp³-hybridized carbons (Fsp3) is 0.417. The second kappa shape index (κ2) is 4.39. The number of carbonyl (C=O) groups is 1. The first-order chi connectivity index (χ1) is 7.67. The van der Waals surface area contributed by atoms with Crippen molar-refractivity contribution in [3.8, 4) is 0 Å². The van der Waals surface area contributed by atoms with E-state index in [1.165, 1.54) is 24.3 Å². The zero-order valence-electron chi connectivity index (χ0n) is 9.45. The second-order valence-electron chi connectivity index (χ2n) is 4.41. The molecule has 0 bridgehead atoms. The molecule has 1 N–H and O–H groups in total. The van der Waals surface area contributed by atoms with Crippen LogP contribution < -0.4 is 0 Å². The Morgan fingerprint density at radius 1 is 1.18 bits per heavy atom. The van der Waals surface area contributed by atoms with Gasteiger partial charge in [-0.3, -0.25) is 4.79 Å². The van der Waals surface area contributed by atoms with Crippen LogP contribution >= 0.6 is 0 Å². The molecule has 94 valence electrons. The Kier molecular flexibility index (Phi) is 3.50. The van der Waals surface area contributed by atoms with E-state index in [-0.39, 0.29) is 5.56 Å². The molecule has 1 unspecified atom stereocenters. The van der Waals surface area contributed by atoms with E-state index in [2.05, 4.69) is 0 Å². The van der Waals surface area contributed by atoms with Crippen LogP contribution in [-0.2, 0) is 4.79 Å². The molecule has 0 aliphatic carbocycles. The lowest BCUT2D eigenvalue weighted by Crippen LogP contribution is -2.39. The van der Waals surface area contributed by atoms with E-state index in [1.54, 1.807) is 6.07 Å². The summed E-state index contributed by atoms with van der Waals surface area (Å²) in [5.74, 6) is -3.49. The van der Waals surface area contributed by atoms with Gasteiger partial charge in [-0.2, -0.15) is 13.2 Å². The molecule has 0 fully saturated rings. The third kappa shape index (κ3) is 2.78. The highest BCUT2D eigenvalue weighted by Gasteiger charge is 2.53. The first-order valence-electron chi connectivity index (χ1n) is 5.02. The highest BCUT2D eigenvalue weighted by molar-refractivity contribution is 5.75. The van der Waals surface area contributed by atoms with E-state index >= 15 is 0 Å². The van der Waals surface area contributed by atoms with Crippen molar-refractivity contribution in [3.05, 3.63) is 35.9 Å². The van der Waals surface area contributed by atoms with Crippen LogP contribution in [-0.4, -0.2) is 17.3 Å². The number of hydrogen-bond acceptors (Lipinski definition) is 1. The minimum absolute atomic E-state index is 0.0348. The summed E-state index contributed by atoms with van der Waals surface area (Å²) in [6.07, 6.45) is -4.59. The average molecular weight is 246 g/mol. The molecule has 0 aromatic heterocycles. The molecule has 0 amide bonds. The summed E-state index contributed by atoms with van der Waals surface area (Å²) < 4.78 is 39.0. The molecule has 17 heavy (non-hydrogen) atoms. The molecule has 1 atom stereocenters. The van der Waals surface area contributed by atoms with Gasteiger partial charge in [-0.25, -0.2) is 0 Å². The number of rotatable bonds is 3. The molecule has 5 heteroatoms. The summed E-state index contributed by atoms with van der Waals surface area (Å²) in [6, 6.07) is 7.11. The van der Waals surface area contributed by atoms with Crippen LogP contribution in [0.15, 0.2) is 30.3 Å². The van der Waals surface area contributed by atoms with Crippen molar-refractivity contribution >= 4 is 5.97 Å². The number of alkyl halides is 3. The van der Waals surface area contributed by atoms with Crippen LogP contribution in [0.3, 0.4) is 0 Å². The minimum Gasteiger partial charge on any atom is -0.481 e. The zero-order chi connectivity index (χ0) is 13.3. The summed E-state index contributed by atoms with van der Waals surface area (Å²) in [4.78, 5) is 11.0. The molecular formula is C12H13F3O2. The largest absolute Gasteiger partial charge is 0.481 e. The Labute approximate surface area is 97.1 Å². The molecule has 0 saturated carbocycles. The highest BCUT2D eigenvalue weighted by Crippen LogP contribution is 2.47. The third-order valence-electron chi connectivity index (χ3n) is 2.73. The maximum Gasteiger partial charge on any atom is 0.396 e. The Morgan fingerprint density at radius 3 is 2.00 bits per heavy atom. The fourth-order valence-electron chi connectivity index (χ4n) is 1.78. The molecule has 1 aromatic carbocycles. The minimum atomic E-state index is -4.59. The van der Waals surface area contributed by atoms with Crippen molar-refractivity contribution in [2.24, 2.45) is 5.41 Å². The second-order valence-corrected chi connectivity index (χ2v) is 4.41. The monoisotopic (exact) mass is 246 g/mol. The van der Waals surface area contributed by atoms with E-state index in [0.29, 0.717) is 0 Å². The number of hydrogen-bond donors (Lipinski definition) is 1. The normalized spacial score (nSPS) is 14.4. The van der Waals surface area contributed by atoms with Crippen molar-refractivity contribution in [1.82, 2.24) is 0 Å². The number of aliphatic carboxylic acids is 1. The van der Waals surface area contributed by atoms with Crippen molar-refractivity contribution in [1.29, 1.82) is 0 Å². The van der Waals surface area contributed by atoms with E-state index < -0.39 is 23.5 Å². The van der Waals surface area contributed by atoms with Crippen LogP contribution in [0, 0.1) is 5.41 Å². The van der Waals surface area contributed by atoms with Gasteiger partial charge >= 0.3 is 12.1 Å². The zero-order valence-corrected chi connectivity index (χ0v) is 9.45. The van der Waals surface area contributed by atoms with Gasteiger partial charge in [0.1, 0.15) is 0 Å². The molecule has 0 radical (unpaired) electrons. The van der Waals surface area contributed by atoms with Crippen LogP contribution in [0.5, 0.6) is 0 Å². The van der Waals surface area contributed by atoms with Gasteiger partial charge in [0, 0.05) is 0 Å². The predicted molar refractivity (Wildman–Crippen MR) is 56.7 cm³/mol. The Morgan fingerprint density at radius 2 is 1.65 bits per heavy atom. The summed E-state index contributed by atoms with van der Waals surface area (Å²) in [5.41, 5.74) is -1.94. The van der Waals surface area contributed by atoms with Gasteiger partial charge in [-0.1, -0.05) is 30.3 Å². The average Bonchev–Trinajstić information content (AvgIpc) is 2.16. The molecule has 0 heterocycles. The molecular weight excluding hydrogens is 233 g/mol. The van der Waals surface area contributed by atoms with Gasteiger partial charge in [-0.15, -0.1) is 0 Å². The van der Waals surface area contributed by atoms with Gasteiger partial charge in [0.05, 0.1) is 11.3 Å². The van der Waals surface area contributed by atoms with Crippen LogP contribution in [0.2, 0.25) is 0 Å². The van der Waals surface area contributed by atoms with Crippen molar-refractivity contribution < 1.29 is 23.1 Å². The number of benzene rings is 1. The topological polar surface area (TPSA) is 37.3 Å². The highest BCUT2D eigenvalue weighted by atomic mass is 19.4. The molecule has 0 aliphatic rings. The van der Waals surface area contributed by atoms with Crippen molar-refractivity contribution in [2.75, 3.05) is 0 Å². The quantitative estimate of drug-likeness (QED) is 0.886. The van der Waals surface area contributed by atoms with Gasteiger partial charge < -0.3 is 5.11 Å². The summed E-state index contributed by atoms with van der Waals surface area (Å²) >= 11 is 0. The van der Waals surface area contributed by atoms with E-state index in [9.17, 15) is 18.0 Å². The number of carboxylic acids is 1. The summed E-state index contributed by atoms with van der Waals surface area (Å²) in [6.45, 7) is 2.17. The van der Waals surface area contributed by atoms with Gasteiger partial charge in [0.15, 0.2) is 0 Å². The van der Waals surface area contributed by atoms with Crippen LogP contribution in [0.1, 0.15) is 25.3 Å². The maximum atomic E-state index is 13.0. The van der Waals surface area contributed by atoms with Crippen LogP contribution in [0.25, 0.3) is 0 Å². The lowest BCUT2D eigenvalue weighted by atomic mass is 9.74. The molecule has 2 nitrogen and oxygen atoms in total. The molecule has 0 spiro atoms. The lowest BCUT2D eigenvalue weighted by Gasteiger charge is -2.32. The van der Waals surface area contributed by atoms with Gasteiger partial charge in [-0.05, 0) is 19.4 Å². The Balaban J connectivity index is 3.29. The Hall–Kier alpha value is -1.52. The third-order valence-corrected chi connectivity index (χ3v) is 2.73. The first-order valence-corrected chi connectivity index (χ1v) is 5.02. The molecule has 0 aliphatic heterocycles. The number of halogens is 3. The smallest absolute Gasteiger partial charge is 0.396 e. The SMILES string of the molecule is CC(C)(C(=O)O)C(c1ccccc1)C(F)(F)F. The summed E-state index contributed by atoms with van der Waals surface area (Å²) in [5, 5.41) is 8.94. The molecule has 1 rings (SSSR count). The van der Waals surface area contributed by atoms with Crippen molar-refractivity contribution in [3.63, 3.8) is 0 Å². The van der Waals surface area contributed by atoms with Crippen molar-refractivity contribution in [2.45, 2.75) is 25.9 Å². The Bertz CT molecular complexity index is 396. The number of carboxylic acid groups (broad SMARTS) is 1. The lowest BCUT2D eigenvalue weighted by molar-refractivity contribution is -0.187. The molecule has 1 aromatic rings. The van der Waals surface area contributed by atoms with Crippen LogP contribution in [0.4, 0.5) is 13.2 Å². The maximum absolute atomic E-state index is 13.0. The predicted octanol–water partition coefficient (Wildman–Crippen LogP) is 3.44. The van der Waals surface area contributed by atoms with Gasteiger partial charge in [0.2, 0.25) is 0 Å². The standard InChI is InChI=1S/C12H13F3O2/c1-11(2,10(16)17)9(12(13,14)15)8-6-4-3-5-7-8/h3-7,9H,1-2H3,(H,16,17). The van der Waals surface area contributed by atoms with E-state index in [0.717, 1.165) is 13.8 Å². The summed E-state index contributed by atoms with van der Waals surface area (Å²) in [7, 11) is 0. The molecule has 0 saturated heterocycles. The van der Waals surface area contributed by atoms with E-state index in [4.69, 9.17) is 5.11 Å². The van der Waals surface area contributed by atoms with E-state index in [1.807, 2.05) is 0 Å². The first kappa shape index (κ1) is 13.5.